The molecule has 1 heterocycles. The number of methoxy groups -OCH3 is 1. The van der Waals surface area contributed by atoms with Crippen molar-refractivity contribution < 1.29 is 13.9 Å². The Morgan fingerprint density at radius 3 is 3.00 bits per heavy atom. The van der Waals surface area contributed by atoms with Crippen molar-refractivity contribution in [2.45, 2.75) is 18.2 Å². The van der Waals surface area contributed by atoms with E-state index in [4.69, 9.17) is 4.42 Å². The van der Waals surface area contributed by atoms with Crippen LogP contribution in [0.5, 0.6) is 0 Å². The molecule has 0 saturated heterocycles. The zero-order valence-electron chi connectivity index (χ0n) is 8.94. The van der Waals surface area contributed by atoms with E-state index in [-0.39, 0.29) is 12.0 Å². The number of esters is 1. The molecule has 0 aliphatic heterocycles. The number of thioether (sulfide) groups is 1. The van der Waals surface area contributed by atoms with Gasteiger partial charge in [-0.05, 0) is 14.0 Å². The molecule has 0 aromatic carbocycles. The molecule has 1 atom stereocenters. The van der Waals surface area contributed by atoms with Crippen molar-refractivity contribution in [2.75, 3.05) is 19.9 Å². The van der Waals surface area contributed by atoms with Gasteiger partial charge in [-0.25, -0.2) is 4.98 Å². The molecule has 1 aromatic rings. The second-order valence-corrected chi connectivity index (χ2v) is 3.90. The van der Waals surface area contributed by atoms with Crippen molar-refractivity contribution in [3.05, 3.63) is 12.0 Å². The van der Waals surface area contributed by atoms with Crippen LogP contribution in [0.2, 0.25) is 0 Å². The SMILES string of the molecule is CNC(CSc1nc(C)co1)C(=O)OC. The molecule has 15 heavy (non-hydrogen) atoms. The summed E-state index contributed by atoms with van der Waals surface area (Å²) in [7, 11) is 3.08. The van der Waals surface area contributed by atoms with Gasteiger partial charge >= 0.3 is 5.97 Å². The fraction of sp³-hybridized carbons (Fsp3) is 0.556. The average molecular weight is 230 g/mol. The summed E-state index contributed by atoms with van der Waals surface area (Å²) in [6, 6.07) is -0.341. The van der Waals surface area contributed by atoms with Crippen molar-refractivity contribution in [2.24, 2.45) is 0 Å². The highest BCUT2D eigenvalue weighted by Gasteiger charge is 2.18. The zero-order chi connectivity index (χ0) is 11.3. The number of hydrogen-bond acceptors (Lipinski definition) is 6. The molecule has 0 spiro atoms. The Kier molecular flexibility index (Phi) is 4.64. The quantitative estimate of drug-likeness (QED) is 0.597. The van der Waals surface area contributed by atoms with Crippen LogP contribution in [0.15, 0.2) is 15.9 Å². The minimum atomic E-state index is -0.341. The van der Waals surface area contributed by atoms with Gasteiger partial charge in [-0.15, -0.1) is 0 Å². The molecule has 0 amide bonds. The van der Waals surface area contributed by atoms with E-state index in [1.54, 1.807) is 13.3 Å². The standard InChI is InChI=1S/C9H14N2O3S/c1-6-4-14-9(11-6)15-5-7(10-2)8(12)13-3/h4,7,10H,5H2,1-3H3. The van der Waals surface area contributed by atoms with Crippen LogP contribution in [0, 0.1) is 6.92 Å². The van der Waals surface area contributed by atoms with Gasteiger partial charge in [0.15, 0.2) is 0 Å². The van der Waals surface area contributed by atoms with Gasteiger partial charge < -0.3 is 14.5 Å². The van der Waals surface area contributed by atoms with Crippen molar-refractivity contribution >= 4 is 17.7 Å². The molecule has 1 rings (SSSR count). The molecule has 5 nitrogen and oxygen atoms in total. The Hall–Kier alpha value is -1.01. The lowest BCUT2D eigenvalue weighted by atomic mass is 10.3. The summed E-state index contributed by atoms with van der Waals surface area (Å²) in [5.41, 5.74) is 0.830. The first kappa shape index (κ1) is 12.1. The summed E-state index contributed by atoms with van der Waals surface area (Å²) in [5, 5.41) is 3.43. The van der Waals surface area contributed by atoms with E-state index in [1.807, 2.05) is 6.92 Å². The number of aryl methyl sites for hydroxylation is 1. The number of nitrogens with one attached hydrogen (secondary N) is 1. The highest BCUT2D eigenvalue weighted by atomic mass is 32.2. The number of hydrogen-bond donors (Lipinski definition) is 1. The zero-order valence-corrected chi connectivity index (χ0v) is 9.76. The van der Waals surface area contributed by atoms with E-state index in [2.05, 4.69) is 15.0 Å². The highest BCUT2D eigenvalue weighted by molar-refractivity contribution is 7.99. The third-order valence-corrected chi connectivity index (χ3v) is 2.74. The summed E-state index contributed by atoms with van der Waals surface area (Å²) >= 11 is 1.38. The monoisotopic (exact) mass is 230 g/mol. The third kappa shape index (κ3) is 3.56. The van der Waals surface area contributed by atoms with E-state index >= 15 is 0 Å². The molecule has 1 unspecified atom stereocenters. The number of carbonyl (C=O) groups is 1. The summed E-state index contributed by atoms with van der Waals surface area (Å²) in [4.78, 5) is 15.3. The van der Waals surface area contributed by atoms with Gasteiger partial charge in [-0.2, -0.15) is 0 Å². The van der Waals surface area contributed by atoms with Gasteiger partial charge in [0.1, 0.15) is 12.3 Å². The lowest BCUT2D eigenvalue weighted by Crippen LogP contribution is -2.37. The van der Waals surface area contributed by atoms with Crippen LogP contribution in [0.4, 0.5) is 0 Å². The van der Waals surface area contributed by atoms with Crippen LogP contribution in [0.3, 0.4) is 0 Å². The summed E-state index contributed by atoms with van der Waals surface area (Å²) in [6.07, 6.45) is 1.58. The van der Waals surface area contributed by atoms with Gasteiger partial charge in [-0.3, -0.25) is 4.79 Å². The predicted octanol–water partition coefficient (Wildman–Crippen LogP) is 0.836. The Labute approximate surface area is 92.6 Å². The number of carbonyl (C=O) groups excluding carboxylic acids is 1. The molecule has 1 N–H and O–H groups in total. The van der Waals surface area contributed by atoms with Gasteiger partial charge in [0.05, 0.1) is 12.8 Å². The predicted molar refractivity (Wildman–Crippen MR) is 56.8 cm³/mol. The summed E-state index contributed by atoms with van der Waals surface area (Å²) in [6.45, 7) is 1.85. The molecule has 0 radical (unpaired) electrons. The molecule has 0 saturated carbocycles. The third-order valence-electron chi connectivity index (χ3n) is 1.81. The molecule has 0 bridgehead atoms. The maximum Gasteiger partial charge on any atom is 0.323 e. The van der Waals surface area contributed by atoms with Crippen molar-refractivity contribution in [1.29, 1.82) is 0 Å². The largest absolute Gasteiger partial charge is 0.468 e. The molecule has 0 aliphatic carbocycles. The minimum absolute atomic E-state index is 0.284. The smallest absolute Gasteiger partial charge is 0.323 e. The Bertz CT molecular complexity index is 327. The topological polar surface area (TPSA) is 64.4 Å². The van der Waals surface area contributed by atoms with Gasteiger partial charge in [0.2, 0.25) is 0 Å². The van der Waals surface area contributed by atoms with Gasteiger partial charge in [-0.1, -0.05) is 11.8 Å². The van der Waals surface area contributed by atoms with Crippen LogP contribution in [-0.4, -0.2) is 36.9 Å². The average Bonchev–Trinajstić information content (AvgIpc) is 2.64. The first-order chi connectivity index (χ1) is 7.17. The fourth-order valence-electron chi connectivity index (χ4n) is 0.965. The second-order valence-electron chi connectivity index (χ2n) is 2.93. The molecule has 1 aromatic heterocycles. The van der Waals surface area contributed by atoms with Crippen LogP contribution >= 0.6 is 11.8 Å². The lowest BCUT2D eigenvalue weighted by Gasteiger charge is -2.11. The van der Waals surface area contributed by atoms with E-state index in [0.717, 1.165) is 5.69 Å². The van der Waals surface area contributed by atoms with Gasteiger partial charge in [0, 0.05) is 5.75 Å². The van der Waals surface area contributed by atoms with Crippen LogP contribution in [-0.2, 0) is 9.53 Å². The Morgan fingerprint density at radius 2 is 2.53 bits per heavy atom. The number of likely N-dealkylation sites (N-methyl/N-ethyl adjacent to an activating group) is 1. The van der Waals surface area contributed by atoms with E-state index < -0.39 is 0 Å². The summed E-state index contributed by atoms with van der Waals surface area (Å²) in [5.74, 6) is 0.247. The van der Waals surface area contributed by atoms with Gasteiger partial charge in [0.25, 0.3) is 5.22 Å². The minimum Gasteiger partial charge on any atom is -0.468 e. The number of oxazole rings is 1. The number of nitrogens with zero attached hydrogens (tertiary/aromatic N) is 1. The first-order valence-corrected chi connectivity index (χ1v) is 5.46. The first-order valence-electron chi connectivity index (χ1n) is 4.47. The van der Waals surface area contributed by atoms with Crippen molar-refractivity contribution in [1.82, 2.24) is 10.3 Å². The number of rotatable bonds is 5. The molecule has 6 heteroatoms. The van der Waals surface area contributed by atoms with Crippen LogP contribution < -0.4 is 5.32 Å². The molecular formula is C9H14N2O3S. The Balaban J connectivity index is 2.44. The van der Waals surface area contributed by atoms with Crippen LogP contribution in [0.1, 0.15) is 5.69 Å². The molecule has 84 valence electrons. The Morgan fingerprint density at radius 1 is 1.80 bits per heavy atom. The molecule has 0 fully saturated rings. The van der Waals surface area contributed by atoms with E-state index in [0.29, 0.717) is 11.0 Å². The van der Waals surface area contributed by atoms with Crippen LogP contribution in [0.25, 0.3) is 0 Å². The fourth-order valence-corrected chi connectivity index (χ4v) is 1.90. The number of aromatic nitrogens is 1. The molecular weight excluding hydrogens is 216 g/mol. The lowest BCUT2D eigenvalue weighted by molar-refractivity contribution is -0.142. The highest BCUT2D eigenvalue weighted by Crippen LogP contribution is 2.17. The van der Waals surface area contributed by atoms with E-state index in [1.165, 1.54) is 18.9 Å². The molecule has 0 aliphatic rings. The maximum atomic E-state index is 11.2. The second kappa shape index (κ2) is 5.77. The van der Waals surface area contributed by atoms with Crippen molar-refractivity contribution in [3.8, 4) is 0 Å². The summed E-state index contributed by atoms with van der Waals surface area (Å²) < 4.78 is 9.78. The van der Waals surface area contributed by atoms with Crippen molar-refractivity contribution in [3.63, 3.8) is 0 Å². The number of ether oxygens (including phenoxy) is 1. The maximum absolute atomic E-state index is 11.2. The normalized spacial score (nSPS) is 12.5. The van der Waals surface area contributed by atoms with E-state index in [9.17, 15) is 4.79 Å².